The maximum absolute atomic E-state index is 11.8. The zero-order valence-electron chi connectivity index (χ0n) is 13.0. The second-order valence-corrected chi connectivity index (χ2v) is 5.02. The van der Waals surface area contributed by atoms with Crippen molar-refractivity contribution in [3.63, 3.8) is 0 Å². The number of rotatable bonds is 7. The van der Waals surface area contributed by atoms with Crippen molar-refractivity contribution < 1.29 is 29.4 Å². The first-order valence-corrected chi connectivity index (χ1v) is 7.27. The minimum Gasteiger partial charge on any atom is -0.480 e. The summed E-state index contributed by atoms with van der Waals surface area (Å²) in [5.74, 6) is -2.53. The van der Waals surface area contributed by atoms with Gasteiger partial charge in [0, 0.05) is 0 Å². The van der Waals surface area contributed by atoms with Crippen molar-refractivity contribution in [1.82, 2.24) is 10.8 Å². The van der Waals surface area contributed by atoms with Crippen molar-refractivity contribution in [3.8, 4) is 0 Å². The highest BCUT2D eigenvalue weighted by Crippen LogP contribution is 2.14. The van der Waals surface area contributed by atoms with Crippen molar-refractivity contribution in [2.24, 2.45) is 0 Å². The minimum atomic E-state index is -1.32. The molecule has 0 saturated heterocycles. The molecule has 8 heteroatoms. The molecule has 0 bridgehead atoms. The normalized spacial score (nSPS) is 12.6. The molecule has 0 saturated carbocycles. The Labute approximate surface area is 143 Å². The molecule has 0 aliphatic rings. The Bertz CT molecular complexity index is 735. The fourth-order valence-corrected chi connectivity index (χ4v) is 2.10. The van der Waals surface area contributed by atoms with Crippen molar-refractivity contribution in [2.75, 3.05) is 0 Å². The second kappa shape index (κ2) is 8.46. The number of aliphatic carboxylic acids is 2. The van der Waals surface area contributed by atoms with E-state index in [0.717, 1.165) is 0 Å². The number of carboxylic acids is 2. The van der Waals surface area contributed by atoms with Gasteiger partial charge >= 0.3 is 18.0 Å². The number of benzene rings is 2. The molecular weight excluding hydrogens is 328 g/mol. The van der Waals surface area contributed by atoms with Crippen LogP contribution in [0.2, 0.25) is 0 Å². The van der Waals surface area contributed by atoms with E-state index in [-0.39, 0.29) is 0 Å². The van der Waals surface area contributed by atoms with E-state index in [0.29, 0.717) is 11.1 Å². The van der Waals surface area contributed by atoms with E-state index in [1.807, 2.05) is 0 Å². The highest BCUT2D eigenvalue weighted by atomic mass is 16.7. The molecule has 130 valence electrons. The maximum atomic E-state index is 11.8. The van der Waals surface area contributed by atoms with Gasteiger partial charge in [0.1, 0.15) is 0 Å². The molecule has 0 aliphatic heterocycles. The van der Waals surface area contributed by atoms with Crippen molar-refractivity contribution in [2.45, 2.75) is 12.1 Å². The molecule has 0 spiro atoms. The van der Waals surface area contributed by atoms with Crippen LogP contribution < -0.4 is 10.8 Å². The number of carbonyl (C=O) groups is 3. The summed E-state index contributed by atoms with van der Waals surface area (Å²) in [7, 11) is 0. The highest BCUT2D eigenvalue weighted by molar-refractivity contribution is 5.81. The quantitative estimate of drug-likeness (QED) is 0.565. The van der Waals surface area contributed by atoms with Crippen molar-refractivity contribution in [1.29, 1.82) is 0 Å². The fourth-order valence-electron chi connectivity index (χ4n) is 2.10. The number of hydroxylamine groups is 1. The fraction of sp³-hybridized carbons (Fsp3) is 0.118. The molecule has 4 N–H and O–H groups in total. The standard InChI is InChI=1S/C17H16N2O6/c20-15(21)13(11-7-3-1-4-8-11)18-17(24)25-19-14(16(22)23)12-9-5-2-6-10-12/h1-10,13-14,19H,(H,18,24)(H,20,21)(H,22,23). The molecule has 0 radical (unpaired) electrons. The maximum Gasteiger partial charge on any atom is 0.427 e. The van der Waals surface area contributed by atoms with Gasteiger partial charge in [0.25, 0.3) is 0 Å². The van der Waals surface area contributed by atoms with Crippen LogP contribution in [0.4, 0.5) is 4.79 Å². The predicted octanol–water partition coefficient (Wildman–Crippen LogP) is 1.87. The third-order valence-electron chi connectivity index (χ3n) is 3.29. The average molecular weight is 344 g/mol. The molecule has 8 nitrogen and oxygen atoms in total. The smallest absolute Gasteiger partial charge is 0.427 e. The van der Waals surface area contributed by atoms with Gasteiger partial charge in [-0.05, 0) is 11.1 Å². The zero-order chi connectivity index (χ0) is 18.2. The lowest BCUT2D eigenvalue weighted by atomic mass is 10.1. The van der Waals surface area contributed by atoms with E-state index in [1.165, 1.54) is 12.1 Å². The number of hydrogen-bond donors (Lipinski definition) is 4. The number of carboxylic acid groups (broad SMARTS) is 2. The van der Waals surface area contributed by atoms with Crippen LogP contribution in [0.5, 0.6) is 0 Å². The van der Waals surface area contributed by atoms with E-state index in [2.05, 4.69) is 15.6 Å². The molecule has 1 amide bonds. The van der Waals surface area contributed by atoms with Gasteiger partial charge in [-0.15, -0.1) is 5.48 Å². The minimum absolute atomic E-state index is 0.352. The SMILES string of the molecule is O=C(NC(C(=O)O)c1ccccc1)ONC(C(=O)O)c1ccccc1. The molecule has 0 aliphatic carbocycles. The van der Waals surface area contributed by atoms with E-state index >= 15 is 0 Å². The summed E-state index contributed by atoms with van der Waals surface area (Å²) in [5, 5.41) is 20.6. The summed E-state index contributed by atoms with van der Waals surface area (Å²) in [6, 6.07) is 13.5. The lowest BCUT2D eigenvalue weighted by Crippen LogP contribution is -2.39. The van der Waals surface area contributed by atoms with Crippen molar-refractivity contribution >= 4 is 18.0 Å². The Balaban J connectivity index is 2.01. The first kappa shape index (κ1) is 18.0. The summed E-state index contributed by atoms with van der Waals surface area (Å²) < 4.78 is 0. The van der Waals surface area contributed by atoms with Gasteiger partial charge in [0.2, 0.25) is 0 Å². The number of nitrogens with one attached hydrogen (secondary N) is 2. The Morgan fingerprint density at radius 2 is 1.20 bits per heavy atom. The predicted molar refractivity (Wildman–Crippen MR) is 86.4 cm³/mol. The molecule has 0 aromatic heterocycles. The lowest BCUT2D eigenvalue weighted by molar-refractivity contribution is -0.143. The number of amides is 1. The Morgan fingerprint density at radius 3 is 1.64 bits per heavy atom. The molecule has 25 heavy (non-hydrogen) atoms. The Kier molecular flexibility index (Phi) is 6.08. The van der Waals surface area contributed by atoms with Crippen LogP contribution in [0.15, 0.2) is 60.7 Å². The third-order valence-corrected chi connectivity index (χ3v) is 3.29. The molecule has 2 aromatic carbocycles. The number of carbonyl (C=O) groups excluding carboxylic acids is 1. The molecule has 2 unspecified atom stereocenters. The lowest BCUT2D eigenvalue weighted by Gasteiger charge is -2.17. The van der Waals surface area contributed by atoms with Crippen LogP contribution >= 0.6 is 0 Å². The summed E-state index contributed by atoms with van der Waals surface area (Å²) >= 11 is 0. The van der Waals surface area contributed by atoms with E-state index < -0.39 is 30.1 Å². The van der Waals surface area contributed by atoms with Gasteiger partial charge in [0.05, 0.1) is 0 Å². The Hall–Kier alpha value is -3.39. The van der Waals surface area contributed by atoms with Crippen LogP contribution in [0.25, 0.3) is 0 Å². The first-order chi connectivity index (χ1) is 12.0. The van der Waals surface area contributed by atoms with Gasteiger partial charge < -0.3 is 20.4 Å². The van der Waals surface area contributed by atoms with Crippen molar-refractivity contribution in [3.05, 3.63) is 71.8 Å². The van der Waals surface area contributed by atoms with Gasteiger partial charge in [-0.25, -0.2) is 9.59 Å². The molecule has 2 aromatic rings. The number of hydrogen-bond acceptors (Lipinski definition) is 5. The van der Waals surface area contributed by atoms with Crippen LogP contribution in [0, 0.1) is 0 Å². The Morgan fingerprint density at radius 1 is 0.760 bits per heavy atom. The third kappa shape index (κ3) is 5.05. The largest absolute Gasteiger partial charge is 0.480 e. The molecule has 0 fully saturated rings. The summed E-state index contributed by atoms with van der Waals surface area (Å²) in [5.41, 5.74) is 2.85. The molecule has 0 heterocycles. The molecule has 2 rings (SSSR count). The molecular formula is C17H16N2O6. The van der Waals surface area contributed by atoms with Crippen LogP contribution in [-0.4, -0.2) is 28.2 Å². The zero-order valence-corrected chi connectivity index (χ0v) is 13.0. The van der Waals surface area contributed by atoms with E-state index in [9.17, 15) is 24.6 Å². The second-order valence-electron chi connectivity index (χ2n) is 5.02. The van der Waals surface area contributed by atoms with Gasteiger partial charge in [-0.2, -0.15) is 0 Å². The topological polar surface area (TPSA) is 125 Å². The summed E-state index contributed by atoms with van der Waals surface area (Å²) in [6.07, 6.45) is -1.11. The van der Waals surface area contributed by atoms with Gasteiger partial charge in [-0.3, -0.25) is 4.79 Å². The molecule has 2 atom stereocenters. The highest BCUT2D eigenvalue weighted by Gasteiger charge is 2.25. The van der Waals surface area contributed by atoms with E-state index in [1.54, 1.807) is 48.5 Å². The average Bonchev–Trinajstić information content (AvgIpc) is 2.61. The first-order valence-electron chi connectivity index (χ1n) is 7.27. The summed E-state index contributed by atoms with van der Waals surface area (Å²) in [4.78, 5) is 39.1. The van der Waals surface area contributed by atoms with Gasteiger partial charge in [-0.1, -0.05) is 60.7 Å². The van der Waals surface area contributed by atoms with Crippen LogP contribution in [-0.2, 0) is 14.4 Å². The van der Waals surface area contributed by atoms with Gasteiger partial charge in [0.15, 0.2) is 12.1 Å². The van der Waals surface area contributed by atoms with Crippen LogP contribution in [0.1, 0.15) is 23.2 Å². The van der Waals surface area contributed by atoms with E-state index in [4.69, 9.17) is 0 Å². The summed E-state index contributed by atoms with van der Waals surface area (Å²) in [6.45, 7) is 0. The van der Waals surface area contributed by atoms with Crippen LogP contribution in [0.3, 0.4) is 0 Å². The monoisotopic (exact) mass is 344 g/mol.